The van der Waals surface area contributed by atoms with Crippen LogP contribution < -0.4 is 5.32 Å². The van der Waals surface area contributed by atoms with Crippen LogP contribution in [0.15, 0.2) is 41.2 Å². The summed E-state index contributed by atoms with van der Waals surface area (Å²) >= 11 is 0. The first kappa shape index (κ1) is 12.5. The monoisotopic (exact) mass is 294 g/mol. The topological polar surface area (TPSA) is 110 Å². The Labute approximate surface area is 123 Å². The van der Waals surface area contributed by atoms with E-state index in [0.29, 0.717) is 16.7 Å². The first-order chi connectivity index (χ1) is 10.8. The molecule has 1 amide bonds. The fourth-order valence-corrected chi connectivity index (χ4v) is 2.23. The van der Waals surface area contributed by atoms with Gasteiger partial charge in [0.25, 0.3) is 5.91 Å². The van der Waals surface area contributed by atoms with Gasteiger partial charge in [0.15, 0.2) is 5.65 Å². The van der Waals surface area contributed by atoms with Gasteiger partial charge >= 0.3 is 0 Å². The third-order valence-electron chi connectivity index (χ3n) is 3.30. The Hall–Kier alpha value is -3.29. The van der Waals surface area contributed by atoms with Crippen molar-refractivity contribution in [3.05, 3.63) is 48.1 Å². The van der Waals surface area contributed by atoms with Crippen molar-refractivity contribution in [1.82, 2.24) is 30.6 Å². The molecule has 2 N–H and O–H groups in total. The summed E-state index contributed by atoms with van der Waals surface area (Å²) in [6.07, 6.45) is 3.26. The van der Waals surface area contributed by atoms with E-state index in [2.05, 4.69) is 30.6 Å². The molecule has 0 aromatic carbocycles. The number of rotatable bonds is 3. The summed E-state index contributed by atoms with van der Waals surface area (Å²) in [5, 5.41) is 14.9. The van der Waals surface area contributed by atoms with Gasteiger partial charge in [0, 0.05) is 17.8 Å². The van der Waals surface area contributed by atoms with Gasteiger partial charge in [0.05, 0.1) is 17.6 Å². The van der Waals surface area contributed by atoms with Crippen LogP contribution in [-0.4, -0.2) is 31.2 Å². The number of H-pyrrole nitrogens is 1. The SMILES string of the molecule is O=C(NCc1[nH]nc2ncccc12)c1onc2ncccc12. The van der Waals surface area contributed by atoms with Crippen molar-refractivity contribution in [2.75, 3.05) is 0 Å². The molecule has 0 aliphatic rings. The molecule has 4 rings (SSSR count). The van der Waals surface area contributed by atoms with Gasteiger partial charge in [-0.25, -0.2) is 9.97 Å². The van der Waals surface area contributed by atoms with Gasteiger partial charge in [-0.2, -0.15) is 5.10 Å². The second kappa shape index (κ2) is 4.92. The molecule has 0 unspecified atom stereocenters. The molecule has 0 fully saturated rings. The maximum atomic E-state index is 12.2. The molecule has 0 spiro atoms. The Kier molecular flexibility index (Phi) is 2.78. The molecule has 108 valence electrons. The smallest absolute Gasteiger partial charge is 0.290 e. The van der Waals surface area contributed by atoms with Crippen LogP contribution in [0.5, 0.6) is 0 Å². The Morgan fingerprint density at radius 1 is 1.14 bits per heavy atom. The predicted octanol–water partition coefficient (Wildman–Crippen LogP) is 1.42. The molecule has 8 nitrogen and oxygen atoms in total. The minimum atomic E-state index is -0.359. The minimum Gasteiger partial charge on any atom is -0.348 e. The number of pyridine rings is 2. The zero-order chi connectivity index (χ0) is 14.9. The molecule has 0 atom stereocenters. The maximum absolute atomic E-state index is 12.2. The second-order valence-corrected chi connectivity index (χ2v) is 4.65. The van der Waals surface area contributed by atoms with Gasteiger partial charge in [0.1, 0.15) is 0 Å². The lowest BCUT2D eigenvalue weighted by Gasteiger charge is -2.01. The Morgan fingerprint density at radius 2 is 1.91 bits per heavy atom. The van der Waals surface area contributed by atoms with E-state index in [4.69, 9.17) is 4.52 Å². The maximum Gasteiger partial charge on any atom is 0.290 e. The Morgan fingerprint density at radius 3 is 2.77 bits per heavy atom. The van der Waals surface area contributed by atoms with Gasteiger partial charge in [-0.05, 0) is 24.3 Å². The standard InChI is InChI=1S/C14H10N6O2/c21-14(11-9-4-2-6-16-13(9)20-22-11)17-7-10-8-3-1-5-15-12(8)19-18-10/h1-6H,7H2,(H,17,21)(H,15,18,19). The molecule has 0 saturated heterocycles. The lowest BCUT2D eigenvalue weighted by Crippen LogP contribution is -2.22. The normalized spacial score (nSPS) is 11.1. The fourth-order valence-electron chi connectivity index (χ4n) is 2.23. The number of aromatic amines is 1. The zero-order valence-corrected chi connectivity index (χ0v) is 11.3. The summed E-state index contributed by atoms with van der Waals surface area (Å²) in [7, 11) is 0. The van der Waals surface area contributed by atoms with Crippen molar-refractivity contribution >= 4 is 28.0 Å². The molecule has 0 radical (unpaired) electrons. The van der Waals surface area contributed by atoms with Crippen molar-refractivity contribution in [2.45, 2.75) is 6.54 Å². The van der Waals surface area contributed by atoms with Crippen LogP contribution >= 0.6 is 0 Å². The number of carbonyl (C=O) groups excluding carboxylic acids is 1. The summed E-state index contributed by atoms with van der Waals surface area (Å²) in [6.45, 7) is 0.281. The fraction of sp³-hybridized carbons (Fsp3) is 0.0714. The molecular weight excluding hydrogens is 284 g/mol. The lowest BCUT2D eigenvalue weighted by molar-refractivity contribution is 0.0916. The van der Waals surface area contributed by atoms with Crippen molar-refractivity contribution in [3.8, 4) is 0 Å². The van der Waals surface area contributed by atoms with Crippen LogP contribution in [-0.2, 0) is 6.54 Å². The number of hydrogen-bond acceptors (Lipinski definition) is 6. The molecule has 4 aromatic heterocycles. The Balaban J connectivity index is 1.57. The highest BCUT2D eigenvalue weighted by molar-refractivity contribution is 6.02. The first-order valence-electron chi connectivity index (χ1n) is 6.59. The number of fused-ring (bicyclic) bond motifs is 2. The molecule has 0 saturated carbocycles. The van der Waals surface area contributed by atoms with Gasteiger partial charge in [-0.1, -0.05) is 5.16 Å². The number of carbonyl (C=O) groups is 1. The molecule has 22 heavy (non-hydrogen) atoms. The molecule has 0 aliphatic heterocycles. The van der Waals surface area contributed by atoms with E-state index in [1.165, 1.54) is 0 Å². The Bertz CT molecular complexity index is 973. The minimum absolute atomic E-state index is 0.144. The van der Waals surface area contributed by atoms with Gasteiger partial charge < -0.3 is 9.84 Å². The van der Waals surface area contributed by atoms with Crippen LogP contribution in [0, 0.1) is 0 Å². The molecule has 0 bridgehead atoms. The van der Waals surface area contributed by atoms with Gasteiger partial charge in [0.2, 0.25) is 11.4 Å². The van der Waals surface area contributed by atoms with E-state index < -0.39 is 0 Å². The van der Waals surface area contributed by atoms with E-state index in [9.17, 15) is 4.79 Å². The average Bonchev–Trinajstić information content (AvgIpc) is 3.17. The highest BCUT2D eigenvalue weighted by atomic mass is 16.5. The van der Waals surface area contributed by atoms with Crippen molar-refractivity contribution in [1.29, 1.82) is 0 Å². The molecule has 0 aliphatic carbocycles. The number of nitrogens with zero attached hydrogens (tertiary/aromatic N) is 4. The van der Waals surface area contributed by atoms with Crippen LogP contribution in [0.25, 0.3) is 22.1 Å². The average molecular weight is 294 g/mol. The van der Waals surface area contributed by atoms with E-state index in [-0.39, 0.29) is 18.2 Å². The van der Waals surface area contributed by atoms with E-state index in [0.717, 1.165) is 11.1 Å². The molecule has 4 heterocycles. The molecule has 4 aromatic rings. The third kappa shape index (κ3) is 1.97. The molecular formula is C14H10N6O2. The summed E-state index contributed by atoms with van der Waals surface area (Å²) < 4.78 is 5.07. The third-order valence-corrected chi connectivity index (χ3v) is 3.30. The van der Waals surface area contributed by atoms with Gasteiger partial charge in [-0.15, -0.1) is 0 Å². The number of amides is 1. The second-order valence-electron chi connectivity index (χ2n) is 4.65. The highest BCUT2D eigenvalue weighted by Gasteiger charge is 2.17. The number of hydrogen-bond donors (Lipinski definition) is 2. The largest absolute Gasteiger partial charge is 0.348 e. The predicted molar refractivity (Wildman–Crippen MR) is 76.9 cm³/mol. The number of aromatic nitrogens is 5. The lowest BCUT2D eigenvalue weighted by atomic mass is 10.2. The van der Waals surface area contributed by atoms with Crippen molar-refractivity contribution < 1.29 is 9.32 Å². The first-order valence-corrected chi connectivity index (χ1v) is 6.59. The van der Waals surface area contributed by atoms with Crippen LogP contribution in [0.2, 0.25) is 0 Å². The summed E-state index contributed by atoms with van der Waals surface area (Å²) in [5.74, 6) is -0.216. The van der Waals surface area contributed by atoms with Crippen LogP contribution in [0.4, 0.5) is 0 Å². The van der Waals surface area contributed by atoms with Crippen LogP contribution in [0.1, 0.15) is 16.2 Å². The summed E-state index contributed by atoms with van der Waals surface area (Å²) in [6, 6.07) is 7.17. The quantitative estimate of drug-likeness (QED) is 0.591. The van der Waals surface area contributed by atoms with E-state index in [1.807, 2.05) is 12.1 Å². The van der Waals surface area contributed by atoms with E-state index >= 15 is 0 Å². The van der Waals surface area contributed by atoms with Crippen molar-refractivity contribution in [3.63, 3.8) is 0 Å². The summed E-state index contributed by atoms with van der Waals surface area (Å²) in [5.41, 5.74) is 1.79. The summed E-state index contributed by atoms with van der Waals surface area (Å²) in [4.78, 5) is 20.4. The van der Waals surface area contributed by atoms with Gasteiger partial charge in [-0.3, -0.25) is 9.89 Å². The number of nitrogens with one attached hydrogen (secondary N) is 2. The van der Waals surface area contributed by atoms with E-state index in [1.54, 1.807) is 24.5 Å². The molecule has 8 heteroatoms. The van der Waals surface area contributed by atoms with Crippen LogP contribution in [0.3, 0.4) is 0 Å². The zero-order valence-electron chi connectivity index (χ0n) is 11.3. The van der Waals surface area contributed by atoms with Crippen molar-refractivity contribution in [2.24, 2.45) is 0 Å². The highest BCUT2D eigenvalue weighted by Crippen LogP contribution is 2.16.